The molecule has 0 saturated carbocycles. The molecule has 0 saturated heterocycles. The van der Waals surface area contributed by atoms with E-state index >= 15 is 0 Å². The van der Waals surface area contributed by atoms with E-state index in [1.54, 1.807) is 0 Å². The summed E-state index contributed by atoms with van der Waals surface area (Å²) in [7, 11) is 0. The minimum absolute atomic E-state index is 0.440. The molecule has 11 aromatic rings. The van der Waals surface area contributed by atoms with Gasteiger partial charge in [-0.2, -0.15) is 0 Å². The number of anilines is 2. The van der Waals surface area contributed by atoms with Gasteiger partial charge in [-0.15, -0.1) is 0 Å². The SMILES string of the molecule is N=C(/C(=C1\NC(c2ccccc2)=C(N(c2ccc(-c3ccc(-c4ccccc4)cc3)cc2)c2cccc3c2-c2ccccc2C3(c2ccccc2)c2ccccc2)c2ccccc21)c1ccccc1)c1ccccc1. The molecule has 3 nitrogen and oxygen atoms in total. The maximum atomic E-state index is 10.0. The number of benzene rings is 11. The van der Waals surface area contributed by atoms with Gasteiger partial charge < -0.3 is 10.2 Å². The summed E-state index contributed by atoms with van der Waals surface area (Å²) >= 11 is 0. The predicted octanol–water partition coefficient (Wildman–Crippen LogP) is 17.6. The molecule has 0 radical (unpaired) electrons. The van der Waals surface area contributed by atoms with Crippen molar-refractivity contribution in [3.05, 3.63) is 347 Å². The lowest BCUT2D eigenvalue weighted by molar-refractivity contribution is 0.768. The van der Waals surface area contributed by atoms with E-state index in [9.17, 15) is 5.41 Å². The van der Waals surface area contributed by atoms with Gasteiger partial charge in [0.1, 0.15) is 0 Å². The Hall–Kier alpha value is -9.83. The van der Waals surface area contributed by atoms with E-state index in [2.05, 4.69) is 271 Å². The van der Waals surface area contributed by atoms with Crippen molar-refractivity contribution in [3.8, 4) is 33.4 Å². The second kappa shape index (κ2) is 19.3. The molecule has 1 heterocycles. The van der Waals surface area contributed by atoms with Gasteiger partial charge in [0.25, 0.3) is 0 Å². The minimum atomic E-state index is -0.608. The van der Waals surface area contributed by atoms with Crippen LogP contribution in [0.3, 0.4) is 0 Å². The Morgan fingerprint density at radius 2 is 0.773 bits per heavy atom. The Kier molecular flexibility index (Phi) is 11.6. The zero-order chi connectivity index (χ0) is 50.1. The highest BCUT2D eigenvalue weighted by Crippen LogP contribution is 2.60. The first-order valence-corrected chi connectivity index (χ1v) is 25.7. The van der Waals surface area contributed by atoms with E-state index in [1.165, 1.54) is 44.5 Å². The number of fused-ring (bicyclic) bond motifs is 4. The first kappa shape index (κ1) is 45.1. The van der Waals surface area contributed by atoms with Crippen molar-refractivity contribution < 1.29 is 0 Å². The predicted molar refractivity (Wildman–Crippen MR) is 313 cm³/mol. The Balaban J connectivity index is 1.10. The molecule has 0 fully saturated rings. The summed E-state index contributed by atoms with van der Waals surface area (Å²) in [6, 6.07) is 106. The Morgan fingerprint density at radius 3 is 1.35 bits per heavy atom. The van der Waals surface area contributed by atoms with Gasteiger partial charge in [0.15, 0.2) is 0 Å². The standard InChI is InChI=1S/C72H51N3/c73-68(55-28-11-3-12-29-55)66(54-26-9-2-10-27-54)70-60-36-19-20-37-61(60)71(69(74-70)56-30-13-4-14-31-56)75(59-48-46-53(47-49-59)52-44-42-51(43-45-52)50-24-7-1-8-25-50)65-41-23-40-64-67(65)62-38-21-22-39-63(62)72(64,57-32-15-5-16-33-57)58-34-17-6-18-35-58/h1-49,73-74H/b70-66-,73-68?. The summed E-state index contributed by atoms with van der Waals surface area (Å²) in [5, 5.41) is 14.2. The fraction of sp³-hybridized carbons (Fsp3) is 0.0139. The van der Waals surface area contributed by atoms with Crippen LogP contribution in [0.2, 0.25) is 0 Å². The van der Waals surface area contributed by atoms with Crippen LogP contribution in [0, 0.1) is 5.41 Å². The van der Waals surface area contributed by atoms with Gasteiger partial charge in [-0.3, -0.25) is 5.41 Å². The summed E-state index contributed by atoms with van der Waals surface area (Å²) in [6.45, 7) is 0. The summed E-state index contributed by atoms with van der Waals surface area (Å²) in [4.78, 5) is 2.50. The topological polar surface area (TPSA) is 39.1 Å². The molecule has 13 rings (SSSR count). The quantitative estimate of drug-likeness (QED) is 0.127. The largest absolute Gasteiger partial charge is 0.352 e. The van der Waals surface area contributed by atoms with Gasteiger partial charge in [-0.05, 0) is 73.8 Å². The molecule has 0 atom stereocenters. The zero-order valence-electron chi connectivity index (χ0n) is 41.2. The van der Waals surface area contributed by atoms with Crippen molar-refractivity contribution in [1.29, 1.82) is 5.41 Å². The number of hydrogen-bond acceptors (Lipinski definition) is 3. The van der Waals surface area contributed by atoms with Crippen molar-refractivity contribution in [2.75, 3.05) is 4.90 Å². The van der Waals surface area contributed by atoms with Gasteiger partial charge in [-0.25, -0.2) is 0 Å². The number of hydrogen-bond donors (Lipinski definition) is 2. The molecule has 1 aliphatic heterocycles. The van der Waals surface area contributed by atoms with Gasteiger partial charge in [-0.1, -0.05) is 279 Å². The van der Waals surface area contributed by atoms with Crippen LogP contribution in [-0.2, 0) is 5.41 Å². The molecule has 0 unspecified atom stereocenters. The van der Waals surface area contributed by atoms with Crippen molar-refractivity contribution >= 4 is 39.8 Å². The molecule has 354 valence electrons. The third kappa shape index (κ3) is 7.81. The lowest BCUT2D eigenvalue weighted by atomic mass is 9.68. The van der Waals surface area contributed by atoms with Crippen molar-refractivity contribution in [2.45, 2.75) is 5.41 Å². The summed E-state index contributed by atoms with van der Waals surface area (Å²) in [5.74, 6) is 0. The lowest BCUT2D eigenvalue weighted by Gasteiger charge is -2.38. The number of nitrogens with zero attached hydrogens (tertiary/aromatic N) is 1. The minimum Gasteiger partial charge on any atom is -0.352 e. The van der Waals surface area contributed by atoms with Crippen LogP contribution in [0.25, 0.3) is 56.0 Å². The normalized spacial score (nSPS) is 13.7. The first-order valence-electron chi connectivity index (χ1n) is 25.7. The van der Waals surface area contributed by atoms with Crippen LogP contribution in [0.15, 0.2) is 297 Å². The molecule has 0 bridgehead atoms. The first-order chi connectivity index (χ1) is 37.2. The van der Waals surface area contributed by atoms with Crippen molar-refractivity contribution in [3.63, 3.8) is 0 Å². The Morgan fingerprint density at radius 1 is 0.347 bits per heavy atom. The maximum absolute atomic E-state index is 10.0. The molecule has 11 aromatic carbocycles. The van der Waals surface area contributed by atoms with Gasteiger partial charge in [0, 0.05) is 39.1 Å². The van der Waals surface area contributed by atoms with Crippen LogP contribution in [0.1, 0.15) is 50.1 Å². The molecule has 0 aromatic heterocycles. The highest BCUT2D eigenvalue weighted by Gasteiger charge is 2.47. The average molecular weight is 958 g/mol. The molecular formula is C72H51N3. The van der Waals surface area contributed by atoms with E-state index < -0.39 is 5.41 Å². The molecule has 1 aliphatic carbocycles. The van der Waals surface area contributed by atoms with Gasteiger partial charge in [0.05, 0.1) is 33.9 Å². The summed E-state index contributed by atoms with van der Waals surface area (Å²) in [5.41, 5.74) is 22.3. The molecule has 0 amide bonds. The fourth-order valence-electron chi connectivity index (χ4n) is 11.6. The average Bonchev–Trinajstić information content (AvgIpc) is 3.84. The molecule has 2 N–H and O–H groups in total. The number of allylic oxidation sites excluding steroid dienone is 1. The van der Waals surface area contributed by atoms with Crippen LogP contribution in [-0.4, -0.2) is 5.71 Å². The van der Waals surface area contributed by atoms with Gasteiger partial charge >= 0.3 is 0 Å². The van der Waals surface area contributed by atoms with E-state index in [4.69, 9.17) is 0 Å². The van der Waals surface area contributed by atoms with Crippen LogP contribution in [0.5, 0.6) is 0 Å². The third-order valence-corrected chi connectivity index (χ3v) is 15.0. The van der Waals surface area contributed by atoms with Crippen molar-refractivity contribution in [2.24, 2.45) is 0 Å². The second-order valence-corrected chi connectivity index (χ2v) is 19.2. The molecular weight excluding hydrogens is 907 g/mol. The molecule has 75 heavy (non-hydrogen) atoms. The molecule has 2 aliphatic rings. The maximum Gasteiger partial charge on any atom is 0.0782 e. The Bertz CT molecular complexity index is 3880. The van der Waals surface area contributed by atoms with E-state index in [0.29, 0.717) is 5.71 Å². The number of nitrogens with one attached hydrogen (secondary N) is 2. The van der Waals surface area contributed by atoms with E-state index in [-0.39, 0.29) is 0 Å². The van der Waals surface area contributed by atoms with Gasteiger partial charge in [0.2, 0.25) is 0 Å². The Labute approximate surface area is 439 Å². The van der Waals surface area contributed by atoms with Crippen LogP contribution >= 0.6 is 0 Å². The molecule has 0 spiro atoms. The second-order valence-electron chi connectivity index (χ2n) is 19.2. The van der Waals surface area contributed by atoms with E-state index in [0.717, 1.165) is 73.0 Å². The fourth-order valence-corrected chi connectivity index (χ4v) is 11.6. The smallest absolute Gasteiger partial charge is 0.0782 e. The highest BCUT2D eigenvalue weighted by molar-refractivity contribution is 6.36. The van der Waals surface area contributed by atoms with Crippen molar-refractivity contribution in [1.82, 2.24) is 5.32 Å². The summed E-state index contributed by atoms with van der Waals surface area (Å²) < 4.78 is 0. The van der Waals surface area contributed by atoms with Crippen LogP contribution < -0.4 is 10.2 Å². The zero-order valence-corrected chi connectivity index (χ0v) is 41.2. The monoisotopic (exact) mass is 957 g/mol. The highest BCUT2D eigenvalue weighted by atomic mass is 15.2. The van der Waals surface area contributed by atoms with Crippen LogP contribution in [0.4, 0.5) is 11.4 Å². The summed E-state index contributed by atoms with van der Waals surface area (Å²) in [6.07, 6.45) is 0. The third-order valence-electron chi connectivity index (χ3n) is 15.0. The number of rotatable bonds is 11. The molecule has 3 heteroatoms. The van der Waals surface area contributed by atoms with E-state index in [1.807, 2.05) is 36.4 Å². The lowest BCUT2D eigenvalue weighted by Crippen LogP contribution is -2.30.